The fraction of sp³-hybridized carbons (Fsp3) is 0.867. The lowest BCUT2D eigenvalue weighted by Crippen LogP contribution is -2.35. The Kier molecular flexibility index (Phi) is 5.04. The lowest BCUT2D eigenvalue weighted by Gasteiger charge is -2.38. The van der Waals surface area contributed by atoms with Gasteiger partial charge in [-0.3, -0.25) is 0 Å². The van der Waals surface area contributed by atoms with Gasteiger partial charge >= 0.3 is 0 Å². The highest BCUT2D eigenvalue weighted by Gasteiger charge is 2.31. The first-order valence-electron chi connectivity index (χ1n) is 6.81. The molecule has 1 aliphatic rings. The zero-order valence-corrected chi connectivity index (χ0v) is 11.3. The van der Waals surface area contributed by atoms with E-state index in [1.165, 1.54) is 25.7 Å². The maximum Gasteiger partial charge on any atom is 0.00701 e. The third-order valence-corrected chi connectivity index (χ3v) is 4.31. The number of nitrogens with two attached hydrogens (primary N) is 1. The maximum atomic E-state index is 6.24. The molecule has 0 aromatic carbocycles. The molecule has 1 unspecified atom stereocenters. The zero-order valence-electron chi connectivity index (χ0n) is 11.3. The predicted molar refractivity (Wildman–Crippen MR) is 72.3 cm³/mol. The SMILES string of the molecule is C=CCCC(N)C1CCC(C(C)(C)C)CC1. The molecule has 1 atom stereocenters. The first-order chi connectivity index (χ1) is 7.45. The number of allylic oxidation sites excluding steroid dienone is 1. The molecule has 1 heteroatoms. The monoisotopic (exact) mass is 223 g/mol. The van der Waals surface area contributed by atoms with Gasteiger partial charge in [0.15, 0.2) is 0 Å². The summed E-state index contributed by atoms with van der Waals surface area (Å²) < 4.78 is 0. The molecular formula is C15H29N. The summed E-state index contributed by atoms with van der Waals surface area (Å²) in [4.78, 5) is 0. The van der Waals surface area contributed by atoms with Gasteiger partial charge in [-0.15, -0.1) is 6.58 Å². The molecule has 0 aromatic heterocycles. The summed E-state index contributed by atoms with van der Waals surface area (Å²) in [5.74, 6) is 1.66. The standard InChI is InChI=1S/C15H29N/c1-5-6-7-14(16)12-8-10-13(11-9-12)15(2,3)4/h5,12-14H,1,6-11,16H2,2-4H3. The molecule has 1 nitrogen and oxygen atoms in total. The van der Waals surface area contributed by atoms with E-state index in [1.54, 1.807) is 0 Å². The molecule has 0 amide bonds. The van der Waals surface area contributed by atoms with Crippen molar-refractivity contribution >= 4 is 0 Å². The van der Waals surface area contributed by atoms with Gasteiger partial charge in [0, 0.05) is 6.04 Å². The Balaban J connectivity index is 2.34. The minimum absolute atomic E-state index is 0.402. The first-order valence-corrected chi connectivity index (χ1v) is 6.81. The van der Waals surface area contributed by atoms with E-state index in [4.69, 9.17) is 5.73 Å². The smallest absolute Gasteiger partial charge is 0.00701 e. The molecule has 0 aliphatic heterocycles. The van der Waals surface area contributed by atoms with E-state index < -0.39 is 0 Å². The lowest BCUT2D eigenvalue weighted by atomic mass is 9.68. The molecule has 1 fully saturated rings. The van der Waals surface area contributed by atoms with Gasteiger partial charge in [0.05, 0.1) is 0 Å². The minimum Gasteiger partial charge on any atom is -0.327 e. The van der Waals surface area contributed by atoms with Crippen molar-refractivity contribution < 1.29 is 0 Å². The third-order valence-electron chi connectivity index (χ3n) is 4.31. The minimum atomic E-state index is 0.402. The number of hydrogen-bond acceptors (Lipinski definition) is 1. The average Bonchev–Trinajstić information content (AvgIpc) is 2.25. The Morgan fingerprint density at radius 1 is 1.25 bits per heavy atom. The normalized spacial score (nSPS) is 28.8. The second-order valence-corrected chi connectivity index (χ2v) is 6.51. The van der Waals surface area contributed by atoms with Crippen LogP contribution in [0.15, 0.2) is 12.7 Å². The van der Waals surface area contributed by atoms with Gasteiger partial charge in [0.1, 0.15) is 0 Å². The Labute approximate surface area is 101 Å². The van der Waals surface area contributed by atoms with Gasteiger partial charge in [-0.1, -0.05) is 26.8 Å². The van der Waals surface area contributed by atoms with Gasteiger partial charge in [0.25, 0.3) is 0 Å². The van der Waals surface area contributed by atoms with Gasteiger partial charge in [0.2, 0.25) is 0 Å². The summed E-state index contributed by atoms with van der Waals surface area (Å²) in [5, 5.41) is 0. The van der Waals surface area contributed by atoms with Crippen LogP contribution in [0.3, 0.4) is 0 Å². The molecule has 1 saturated carbocycles. The van der Waals surface area contributed by atoms with Crippen LogP contribution < -0.4 is 5.73 Å². The predicted octanol–water partition coefficient (Wildman–Crippen LogP) is 4.13. The van der Waals surface area contributed by atoms with Crippen LogP contribution in [-0.2, 0) is 0 Å². The Bertz CT molecular complexity index is 206. The quantitative estimate of drug-likeness (QED) is 0.712. The molecule has 0 saturated heterocycles. The van der Waals surface area contributed by atoms with E-state index in [-0.39, 0.29) is 0 Å². The lowest BCUT2D eigenvalue weighted by molar-refractivity contribution is 0.138. The first kappa shape index (κ1) is 13.8. The summed E-state index contributed by atoms with van der Waals surface area (Å²) in [7, 11) is 0. The highest BCUT2D eigenvalue weighted by Crippen LogP contribution is 2.40. The fourth-order valence-corrected chi connectivity index (χ4v) is 2.96. The van der Waals surface area contributed by atoms with E-state index in [9.17, 15) is 0 Å². The molecule has 94 valence electrons. The van der Waals surface area contributed by atoms with Crippen molar-refractivity contribution in [1.29, 1.82) is 0 Å². The highest BCUT2D eigenvalue weighted by molar-refractivity contribution is 4.85. The molecule has 0 spiro atoms. The van der Waals surface area contributed by atoms with Crippen LogP contribution in [0.2, 0.25) is 0 Å². The average molecular weight is 223 g/mol. The van der Waals surface area contributed by atoms with E-state index in [2.05, 4.69) is 27.4 Å². The van der Waals surface area contributed by atoms with E-state index in [0.29, 0.717) is 11.5 Å². The molecule has 0 aromatic rings. The molecule has 0 radical (unpaired) electrons. The second-order valence-electron chi connectivity index (χ2n) is 6.51. The summed E-state index contributed by atoms with van der Waals surface area (Å²) in [6.45, 7) is 10.9. The van der Waals surface area contributed by atoms with Crippen LogP contribution in [0, 0.1) is 17.3 Å². The molecule has 16 heavy (non-hydrogen) atoms. The van der Waals surface area contributed by atoms with Crippen molar-refractivity contribution in [2.24, 2.45) is 23.0 Å². The van der Waals surface area contributed by atoms with Crippen molar-refractivity contribution in [3.05, 3.63) is 12.7 Å². The summed E-state index contributed by atoms with van der Waals surface area (Å²) >= 11 is 0. The summed E-state index contributed by atoms with van der Waals surface area (Å²) in [6, 6.07) is 0.402. The van der Waals surface area contributed by atoms with Crippen molar-refractivity contribution in [2.75, 3.05) is 0 Å². The van der Waals surface area contributed by atoms with Crippen LogP contribution >= 0.6 is 0 Å². The Hall–Kier alpha value is -0.300. The van der Waals surface area contributed by atoms with Crippen LogP contribution in [0.1, 0.15) is 59.3 Å². The van der Waals surface area contributed by atoms with Crippen molar-refractivity contribution in [1.82, 2.24) is 0 Å². The number of rotatable bonds is 4. The van der Waals surface area contributed by atoms with Crippen LogP contribution in [0.25, 0.3) is 0 Å². The van der Waals surface area contributed by atoms with Crippen LogP contribution in [0.4, 0.5) is 0 Å². The van der Waals surface area contributed by atoms with E-state index in [0.717, 1.165) is 24.7 Å². The van der Waals surface area contributed by atoms with Crippen molar-refractivity contribution in [3.63, 3.8) is 0 Å². The third kappa shape index (κ3) is 3.93. The molecule has 0 bridgehead atoms. The largest absolute Gasteiger partial charge is 0.327 e. The fourth-order valence-electron chi connectivity index (χ4n) is 2.96. The molecule has 2 N–H and O–H groups in total. The second kappa shape index (κ2) is 5.86. The molecule has 1 aliphatic carbocycles. The molecular weight excluding hydrogens is 194 g/mol. The van der Waals surface area contributed by atoms with Crippen molar-refractivity contribution in [2.45, 2.75) is 65.3 Å². The van der Waals surface area contributed by atoms with Gasteiger partial charge in [-0.05, 0) is 55.8 Å². The highest BCUT2D eigenvalue weighted by atomic mass is 14.6. The van der Waals surface area contributed by atoms with Gasteiger partial charge in [-0.2, -0.15) is 0 Å². The topological polar surface area (TPSA) is 26.0 Å². The zero-order chi connectivity index (χ0) is 12.2. The van der Waals surface area contributed by atoms with Crippen molar-refractivity contribution in [3.8, 4) is 0 Å². The Morgan fingerprint density at radius 3 is 2.25 bits per heavy atom. The molecule has 1 rings (SSSR count). The Morgan fingerprint density at radius 2 is 1.81 bits per heavy atom. The van der Waals surface area contributed by atoms with E-state index in [1.807, 2.05) is 6.08 Å². The van der Waals surface area contributed by atoms with Gasteiger partial charge in [-0.25, -0.2) is 0 Å². The van der Waals surface area contributed by atoms with Gasteiger partial charge < -0.3 is 5.73 Å². The maximum absolute atomic E-state index is 6.24. The number of hydrogen-bond donors (Lipinski definition) is 1. The van der Waals surface area contributed by atoms with E-state index >= 15 is 0 Å². The summed E-state index contributed by atoms with van der Waals surface area (Å²) in [5.41, 5.74) is 6.72. The summed E-state index contributed by atoms with van der Waals surface area (Å²) in [6.07, 6.45) is 9.59. The van der Waals surface area contributed by atoms with Crippen LogP contribution in [0.5, 0.6) is 0 Å². The van der Waals surface area contributed by atoms with Crippen LogP contribution in [-0.4, -0.2) is 6.04 Å². The molecule has 0 heterocycles.